The predicted octanol–water partition coefficient (Wildman–Crippen LogP) is 4.54. The van der Waals surface area contributed by atoms with Crippen LogP contribution in [0.25, 0.3) is 10.2 Å². The van der Waals surface area contributed by atoms with Crippen LogP contribution in [-0.4, -0.2) is 35.5 Å². The molecule has 0 unspecified atom stereocenters. The molecule has 3 aromatic rings. The van der Waals surface area contributed by atoms with Crippen LogP contribution < -0.4 is 10.1 Å². The van der Waals surface area contributed by atoms with Crippen molar-refractivity contribution in [2.75, 3.05) is 25.0 Å². The Morgan fingerprint density at radius 2 is 2.07 bits per heavy atom. The quantitative estimate of drug-likeness (QED) is 0.681. The standard InChI is InChI=1S/C21H23N3O2S/c1-2-26-17-8-9-18-19(13-17)27-21(22-18)23-20(25)16-7-5-6-15(12-16)14-24-10-3-4-11-24/h5-9,12-13H,2-4,10-11,14H2,1H3,(H,22,23,25). The number of hydrogen-bond acceptors (Lipinski definition) is 5. The smallest absolute Gasteiger partial charge is 0.257 e. The summed E-state index contributed by atoms with van der Waals surface area (Å²) in [6, 6.07) is 13.7. The highest BCUT2D eigenvalue weighted by molar-refractivity contribution is 7.22. The first-order chi connectivity index (χ1) is 13.2. The minimum Gasteiger partial charge on any atom is -0.494 e. The summed E-state index contributed by atoms with van der Waals surface area (Å²) < 4.78 is 6.53. The first-order valence-corrected chi connectivity index (χ1v) is 10.2. The fourth-order valence-electron chi connectivity index (χ4n) is 3.39. The van der Waals surface area contributed by atoms with Crippen molar-refractivity contribution in [2.24, 2.45) is 0 Å². The van der Waals surface area contributed by atoms with Gasteiger partial charge in [0, 0.05) is 12.1 Å². The Bertz CT molecular complexity index is 948. The molecule has 2 aromatic carbocycles. The van der Waals surface area contributed by atoms with Crippen molar-refractivity contribution in [1.29, 1.82) is 0 Å². The zero-order chi connectivity index (χ0) is 18.6. The highest BCUT2D eigenvalue weighted by atomic mass is 32.1. The topological polar surface area (TPSA) is 54.5 Å². The number of amides is 1. The van der Waals surface area contributed by atoms with Gasteiger partial charge in [0.15, 0.2) is 5.13 Å². The number of nitrogens with zero attached hydrogens (tertiary/aromatic N) is 2. The van der Waals surface area contributed by atoms with Crippen LogP contribution >= 0.6 is 11.3 Å². The Hall–Kier alpha value is -2.44. The monoisotopic (exact) mass is 381 g/mol. The molecular weight excluding hydrogens is 358 g/mol. The van der Waals surface area contributed by atoms with Crippen LogP contribution in [0.5, 0.6) is 5.75 Å². The number of ether oxygens (including phenoxy) is 1. The number of aromatic nitrogens is 1. The SMILES string of the molecule is CCOc1ccc2nc(NC(=O)c3cccc(CN4CCCC4)c3)sc2c1. The molecule has 1 aliphatic rings. The molecular formula is C21H23N3O2S. The second kappa shape index (κ2) is 8.06. The molecule has 5 nitrogen and oxygen atoms in total. The van der Waals surface area contributed by atoms with Gasteiger partial charge in [-0.3, -0.25) is 15.0 Å². The molecule has 1 fully saturated rings. The molecule has 1 amide bonds. The number of carbonyl (C=O) groups is 1. The van der Waals surface area contributed by atoms with Gasteiger partial charge in [0.2, 0.25) is 0 Å². The fourth-order valence-corrected chi connectivity index (χ4v) is 4.28. The number of anilines is 1. The third-order valence-electron chi connectivity index (χ3n) is 4.69. The van der Waals surface area contributed by atoms with E-state index in [9.17, 15) is 4.79 Å². The highest BCUT2D eigenvalue weighted by Gasteiger charge is 2.14. The molecule has 0 radical (unpaired) electrons. The molecule has 1 aromatic heterocycles. The van der Waals surface area contributed by atoms with Gasteiger partial charge in [-0.05, 0) is 68.8 Å². The number of carbonyl (C=O) groups excluding carboxylic acids is 1. The molecule has 1 aliphatic heterocycles. The minimum atomic E-state index is -0.123. The van der Waals surface area contributed by atoms with E-state index in [0.29, 0.717) is 17.3 Å². The summed E-state index contributed by atoms with van der Waals surface area (Å²) in [5, 5.41) is 3.54. The van der Waals surface area contributed by atoms with Gasteiger partial charge < -0.3 is 4.74 Å². The van der Waals surface area contributed by atoms with Crippen molar-refractivity contribution in [1.82, 2.24) is 9.88 Å². The number of thiazole rings is 1. The first kappa shape index (κ1) is 17.9. The summed E-state index contributed by atoms with van der Waals surface area (Å²) in [7, 11) is 0. The fraction of sp³-hybridized carbons (Fsp3) is 0.333. The lowest BCUT2D eigenvalue weighted by Gasteiger charge is -2.14. The van der Waals surface area contributed by atoms with Crippen LogP contribution in [0.1, 0.15) is 35.7 Å². The van der Waals surface area contributed by atoms with Crippen molar-refractivity contribution in [2.45, 2.75) is 26.3 Å². The molecule has 2 heterocycles. The zero-order valence-electron chi connectivity index (χ0n) is 15.4. The van der Waals surface area contributed by atoms with Crippen LogP contribution in [0.4, 0.5) is 5.13 Å². The number of likely N-dealkylation sites (tertiary alicyclic amines) is 1. The maximum absolute atomic E-state index is 12.7. The lowest BCUT2D eigenvalue weighted by Crippen LogP contribution is -2.19. The number of hydrogen-bond donors (Lipinski definition) is 1. The molecule has 0 bridgehead atoms. The van der Waals surface area contributed by atoms with E-state index in [2.05, 4.69) is 21.3 Å². The van der Waals surface area contributed by atoms with E-state index in [-0.39, 0.29) is 5.91 Å². The van der Waals surface area contributed by atoms with E-state index in [1.807, 2.05) is 43.3 Å². The highest BCUT2D eigenvalue weighted by Crippen LogP contribution is 2.29. The van der Waals surface area contributed by atoms with E-state index in [1.165, 1.54) is 29.7 Å². The van der Waals surface area contributed by atoms with Crippen LogP contribution in [0, 0.1) is 0 Å². The van der Waals surface area contributed by atoms with E-state index in [1.54, 1.807) is 0 Å². The maximum atomic E-state index is 12.7. The molecule has 4 rings (SSSR count). The van der Waals surface area contributed by atoms with E-state index in [4.69, 9.17) is 4.74 Å². The van der Waals surface area contributed by atoms with Gasteiger partial charge in [-0.2, -0.15) is 0 Å². The van der Waals surface area contributed by atoms with Gasteiger partial charge >= 0.3 is 0 Å². The Labute approximate surface area is 163 Å². The maximum Gasteiger partial charge on any atom is 0.257 e. The third kappa shape index (κ3) is 4.28. The van der Waals surface area contributed by atoms with Crippen molar-refractivity contribution < 1.29 is 9.53 Å². The number of rotatable bonds is 6. The Morgan fingerprint density at radius 3 is 2.89 bits per heavy atom. The first-order valence-electron chi connectivity index (χ1n) is 9.37. The number of fused-ring (bicyclic) bond motifs is 1. The normalized spacial score (nSPS) is 14.6. The van der Waals surface area contributed by atoms with Crippen LogP contribution in [0.15, 0.2) is 42.5 Å². The summed E-state index contributed by atoms with van der Waals surface area (Å²) in [5.41, 5.74) is 2.71. The second-order valence-corrected chi connectivity index (χ2v) is 7.75. The zero-order valence-corrected chi connectivity index (χ0v) is 16.2. The molecule has 0 atom stereocenters. The van der Waals surface area contributed by atoms with Crippen molar-refractivity contribution >= 4 is 32.6 Å². The molecule has 0 aliphatic carbocycles. The van der Waals surface area contributed by atoms with E-state index in [0.717, 1.165) is 35.6 Å². The Morgan fingerprint density at radius 1 is 1.22 bits per heavy atom. The van der Waals surface area contributed by atoms with Gasteiger partial charge in [-0.15, -0.1) is 0 Å². The summed E-state index contributed by atoms with van der Waals surface area (Å²) in [5.74, 6) is 0.698. The van der Waals surface area contributed by atoms with Crippen molar-refractivity contribution in [3.8, 4) is 5.75 Å². The van der Waals surface area contributed by atoms with Gasteiger partial charge in [0.05, 0.1) is 16.8 Å². The van der Waals surface area contributed by atoms with Crippen LogP contribution in [0.2, 0.25) is 0 Å². The summed E-state index contributed by atoms with van der Waals surface area (Å²) in [6.45, 7) is 5.78. The minimum absolute atomic E-state index is 0.123. The van der Waals surface area contributed by atoms with Crippen molar-refractivity contribution in [3.63, 3.8) is 0 Å². The average molecular weight is 382 g/mol. The number of benzene rings is 2. The van der Waals surface area contributed by atoms with Gasteiger partial charge in [0.1, 0.15) is 5.75 Å². The molecule has 6 heteroatoms. The third-order valence-corrected chi connectivity index (χ3v) is 5.62. The summed E-state index contributed by atoms with van der Waals surface area (Å²) in [6.07, 6.45) is 2.53. The lowest BCUT2D eigenvalue weighted by molar-refractivity contribution is 0.102. The molecule has 0 saturated carbocycles. The van der Waals surface area contributed by atoms with Crippen molar-refractivity contribution in [3.05, 3.63) is 53.6 Å². The molecule has 1 N–H and O–H groups in total. The lowest BCUT2D eigenvalue weighted by atomic mass is 10.1. The molecule has 0 spiro atoms. The summed E-state index contributed by atoms with van der Waals surface area (Å²) in [4.78, 5) is 19.6. The van der Waals surface area contributed by atoms with Crippen LogP contribution in [0.3, 0.4) is 0 Å². The Balaban J connectivity index is 1.47. The molecule has 140 valence electrons. The van der Waals surface area contributed by atoms with Gasteiger partial charge in [-0.1, -0.05) is 23.5 Å². The van der Waals surface area contributed by atoms with E-state index < -0.39 is 0 Å². The number of nitrogens with one attached hydrogen (secondary N) is 1. The summed E-state index contributed by atoms with van der Waals surface area (Å²) >= 11 is 1.46. The van der Waals surface area contributed by atoms with Crippen LogP contribution in [-0.2, 0) is 6.54 Å². The molecule has 27 heavy (non-hydrogen) atoms. The van der Waals surface area contributed by atoms with Gasteiger partial charge in [-0.25, -0.2) is 4.98 Å². The Kier molecular flexibility index (Phi) is 5.36. The largest absolute Gasteiger partial charge is 0.494 e. The van der Waals surface area contributed by atoms with Gasteiger partial charge in [0.25, 0.3) is 5.91 Å². The molecule has 1 saturated heterocycles. The van der Waals surface area contributed by atoms with E-state index >= 15 is 0 Å². The second-order valence-electron chi connectivity index (χ2n) is 6.72. The average Bonchev–Trinajstić information content (AvgIpc) is 3.31. The predicted molar refractivity (Wildman–Crippen MR) is 110 cm³/mol.